The van der Waals surface area contributed by atoms with Crippen molar-refractivity contribution in [1.82, 2.24) is 4.90 Å². The molecule has 1 fully saturated rings. The van der Waals surface area contributed by atoms with Gasteiger partial charge in [-0.15, -0.1) is 0 Å². The van der Waals surface area contributed by atoms with Gasteiger partial charge in [0.05, 0.1) is 18.7 Å². The van der Waals surface area contributed by atoms with E-state index in [1.54, 1.807) is 19.2 Å². The second-order valence-electron chi connectivity index (χ2n) is 4.64. The molecule has 19 heavy (non-hydrogen) atoms. The molecule has 2 rings (SSSR count). The Morgan fingerprint density at radius 3 is 2.74 bits per heavy atom. The zero-order valence-electron chi connectivity index (χ0n) is 11.1. The highest BCUT2D eigenvalue weighted by atomic mass is 35.5. The summed E-state index contributed by atoms with van der Waals surface area (Å²) in [5, 5.41) is 3.64. The number of nitrogens with zero attached hydrogens (tertiary/aromatic N) is 1. The Hall–Kier alpha value is -1.42. The fourth-order valence-electron chi connectivity index (χ4n) is 2.21. The molecule has 0 unspecified atom stereocenters. The molecule has 0 bridgehead atoms. The summed E-state index contributed by atoms with van der Waals surface area (Å²) >= 11 is 6.03. The first-order chi connectivity index (χ1) is 9.20. The maximum Gasteiger partial charge on any atom is 0.241 e. The SMILES string of the molecule is COc1ccc(NCC(=O)N2CCCCC2)cc1Cl. The Kier molecular flexibility index (Phi) is 4.91. The molecular weight excluding hydrogens is 264 g/mol. The highest BCUT2D eigenvalue weighted by molar-refractivity contribution is 6.32. The van der Waals surface area contributed by atoms with E-state index in [2.05, 4.69) is 5.32 Å². The number of carbonyl (C=O) groups excluding carboxylic acids is 1. The first kappa shape index (κ1) is 14.0. The van der Waals surface area contributed by atoms with E-state index in [0.717, 1.165) is 31.6 Å². The summed E-state index contributed by atoms with van der Waals surface area (Å²) in [6, 6.07) is 5.41. The van der Waals surface area contributed by atoms with Gasteiger partial charge in [0.25, 0.3) is 0 Å². The van der Waals surface area contributed by atoms with Gasteiger partial charge in [0.15, 0.2) is 0 Å². The maximum absolute atomic E-state index is 12.0. The Labute approximate surface area is 118 Å². The van der Waals surface area contributed by atoms with Crippen LogP contribution in [-0.4, -0.2) is 37.6 Å². The van der Waals surface area contributed by atoms with Gasteiger partial charge < -0.3 is 15.0 Å². The molecule has 0 saturated carbocycles. The van der Waals surface area contributed by atoms with Gasteiger partial charge in [-0.1, -0.05) is 11.6 Å². The van der Waals surface area contributed by atoms with Crippen LogP contribution in [-0.2, 0) is 4.79 Å². The molecule has 1 aromatic rings. The quantitative estimate of drug-likeness (QED) is 0.923. The van der Waals surface area contributed by atoms with Crippen LogP contribution in [0.2, 0.25) is 5.02 Å². The third-order valence-electron chi connectivity index (χ3n) is 3.30. The van der Waals surface area contributed by atoms with Crippen LogP contribution >= 0.6 is 11.6 Å². The first-order valence-corrected chi connectivity index (χ1v) is 6.93. The Morgan fingerprint density at radius 1 is 1.37 bits per heavy atom. The van der Waals surface area contributed by atoms with Crippen molar-refractivity contribution in [2.45, 2.75) is 19.3 Å². The van der Waals surface area contributed by atoms with Crippen molar-refractivity contribution in [3.05, 3.63) is 23.2 Å². The number of likely N-dealkylation sites (tertiary alicyclic amines) is 1. The lowest BCUT2D eigenvalue weighted by Crippen LogP contribution is -2.39. The number of piperidine rings is 1. The van der Waals surface area contributed by atoms with Crippen molar-refractivity contribution in [3.63, 3.8) is 0 Å². The fourth-order valence-corrected chi connectivity index (χ4v) is 2.47. The number of benzene rings is 1. The molecule has 1 amide bonds. The minimum absolute atomic E-state index is 0.145. The Bertz CT molecular complexity index is 445. The van der Waals surface area contributed by atoms with Crippen LogP contribution in [0.1, 0.15) is 19.3 Å². The van der Waals surface area contributed by atoms with E-state index in [9.17, 15) is 4.79 Å². The lowest BCUT2D eigenvalue weighted by atomic mass is 10.1. The molecule has 0 aliphatic carbocycles. The van der Waals surface area contributed by atoms with E-state index in [0.29, 0.717) is 17.3 Å². The number of hydrogen-bond donors (Lipinski definition) is 1. The maximum atomic E-state index is 12.0. The lowest BCUT2D eigenvalue weighted by Gasteiger charge is -2.26. The standard InChI is InChI=1S/C14H19ClN2O2/c1-19-13-6-5-11(9-12(13)15)16-10-14(18)17-7-3-2-4-8-17/h5-6,9,16H,2-4,7-8,10H2,1H3. The first-order valence-electron chi connectivity index (χ1n) is 6.56. The summed E-state index contributed by atoms with van der Waals surface area (Å²) in [6.07, 6.45) is 3.45. The van der Waals surface area contributed by atoms with Crippen molar-refractivity contribution in [1.29, 1.82) is 0 Å². The minimum Gasteiger partial charge on any atom is -0.495 e. The van der Waals surface area contributed by atoms with Crippen LogP contribution in [0.5, 0.6) is 5.75 Å². The number of ether oxygens (including phenoxy) is 1. The van der Waals surface area contributed by atoms with Crippen molar-refractivity contribution in [2.24, 2.45) is 0 Å². The number of hydrogen-bond acceptors (Lipinski definition) is 3. The van der Waals surface area contributed by atoms with E-state index >= 15 is 0 Å². The van der Waals surface area contributed by atoms with Gasteiger partial charge in [-0.25, -0.2) is 0 Å². The van der Waals surface area contributed by atoms with Crippen LogP contribution < -0.4 is 10.1 Å². The molecule has 1 heterocycles. The smallest absolute Gasteiger partial charge is 0.241 e. The molecule has 104 valence electrons. The molecule has 1 saturated heterocycles. The Balaban J connectivity index is 1.87. The number of amides is 1. The molecule has 5 heteroatoms. The van der Waals surface area contributed by atoms with Gasteiger partial charge in [0.1, 0.15) is 5.75 Å². The third-order valence-corrected chi connectivity index (χ3v) is 3.60. The van der Waals surface area contributed by atoms with Gasteiger partial charge >= 0.3 is 0 Å². The molecule has 1 aromatic carbocycles. The van der Waals surface area contributed by atoms with Gasteiger partial charge in [-0.3, -0.25) is 4.79 Å². The van der Waals surface area contributed by atoms with Crippen molar-refractivity contribution in [3.8, 4) is 5.75 Å². The zero-order valence-corrected chi connectivity index (χ0v) is 11.9. The van der Waals surface area contributed by atoms with Gasteiger partial charge in [0.2, 0.25) is 5.91 Å². The number of rotatable bonds is 4. The van der Waals surface area contributed by atoms with E-state index in [1.165, 1.54) is 6.42 Å². The molecular formula is C14H19ClN2O2. The summed E-state index contributed by atoms with van der Waals surface area (Å²) in [5.74, 6) is 0.779. The van der Waals surface area contributed by atoms with Crippen LogP contribution in [0.4, 0.5) is 5.69 Å². The topological polar surface area (TPSA) is 41.6 Å². The molecule has 1 aliphatic heterocycles. The minimum atomic E-state index is 0.145. The second-order valence-corrected chi connectivity index (χ2v) is 5.05. The molecule has 0 atom stereocenters. The third kappa shape index (κ3) is 3.77. The average Bonchev–Trinajstić information content (AvgIpc) is 2.46. The average molecular weight is 283 g/mol. The number of carbonyl (C=O) groups is 1. The lowest BCUT2D eigenvalue weighted by molar-refractivity contribution is -0.130. The number of methoxy groups -OCH3 is 1. The predicted molar refractivity (Wildman–Crippen MR) is 76.9 cm³/mol. The largest absolute Gasteiger partial charge is 0.495 e. The summed E-state index contributed by atoms with van der Waals surface area (Å²) in [5.41, 5.74) is 0.830. The monoisotopic (exact) mass is 282 g/mol. The second kappa shape index (κ2) is 6.66. The van der Waals surface area contributed by atoms with Crippen molar-refractivity contribution in [2.75, 3.05) is 32.1 Å². The van der Waals surface area contributed by atoms with Crippen LogP contribution in [0, 0.1) is 0 Å². The number of nitrogens with one attached hydrogen (secondary N) is 1. The number of halogens is 1. The molecule has 0 radical (unpaired) electrons. The highest BCUT2D eigenvalue weighted by Crippen LogP contribution is 2.27. The normalized spacial score (nSPS) is 15.2. The Morgan fingerprint density at radius 2 is 2.11 bits per heavy atom. The van der Waals surface area contributed by atoms with Crippen LogP contribution in [0.3, 0.4) is 0 Å². The van der Waals surface area contributed by atoms with Crippen LogP contribution in [0.15, 0.2) is 18.2 Å². The summed E-state index contributed by atoms with van der Waals surface area (Å²) in [6.45, 7) is 2.07. The highest BCUT2D eigenvalue weighted by Gasteiger charge is 2.15. The van der Waals surface area contributed by atoms with Crippen molar-refractivity contribution < 1.29 is 9.53 Å². The molecule has 0 spiro atoms. The molecule has 4 nitrogen and oxygen atoms in total. The summed E-state index contributed by atoms with van der Waals surface area (Å²) in [7, 11) is 1.58. The molecule has 1 N–H and O–H groups in total. The molecule has 0 aromatic heterocycles. The van der Waals surface area contributed by atoms with Crippen molar-refractivity contribution >= 4 is 23.2 Å². The summed E-state index contributed by atoms with van der Waals surface area (Å²) in [4.78, 5) is 13.9. The van der Waals surface area contributed by atoms with Gasteiger partial charge in [-0.2, -0.15) is 0 Å². The van der Waals surface area contributed by atoms with E-state index in [1.807, 2.05) is 11.0 Å². The molecule has 1 aliphatic rings. The van der Waals surface area contributed by atoms with E-state index < -0.39 is 0 Å². The number of anilines is 1. The van der Waals surface area contributed by atoms with Gasteiger partial charge in [0, 0.05) is 18.8 Å². The fraction of sp³-hybridized carbons (Fsp3) is 0.500. The van der Waals surface area contributed by atoms with Crippen LogP contribution in [0.25, 0.3) is 0 Å². The van der Waals surface area contributed by atoms with Gasteiger partial charge in [-0.05, 0) is 37.5 Å². The summed E-state index contributed by atoms with van der Waals surface area (Å²) < 4.78 is 5.09. The van der Waals surface area contributed by atoms with E-state index in [-0.39, 0.29) is 5.91 Å². The zero-order chi connectivity index (χ0) is 13.7. The van der Waals surface area contributed by atoms with E-state index in [4.69, 9.17) is 16.3 Å². The predicted octanol–water partition coefficient (Wildman–Crippen LogP) is 2.77.